The van der Waals surface area contributed by atoms with Gasteiger partial charge in [0.1, 0.15) is 39.2 Å². The number of para-hydroxylation sites is 2. The van der Waals surface area contributed by atoms with E-state index in [1.807, 2.05) is 22.8 Å². The summed E-state index contributed by atoms with van der Waals surface area (Å²) in [6, 6.07) is 45.1. The summed E-state index contributed by atoms with van der Waals surface area (Å²) in [5.41, 5.74) is 9.36. The molecule has 0 amide bonds. The molecular weight excluding hydrogens is 563 g/mol. The fourth-order valence-corrected chi connectivity index (χ4v) is 7.22. The molecule has 2 nitrogen and oxygen atoms in total. The molecule has 0 saturated carbocycles. The fraction of sp³-hybridized carbons (Fsp3) is 0. The van der Waals surface area contributed by atoms with E-state index in [4.69, 9.17) is 39.2 Å². The molecule has 2 heterocycles. The quantitative estimate of drug-likeness (QED) is 0.268. The molecule has 0 spiro atoms. The third-order valence-corrected chi connectivity index (χ3v) is 9.56. The van der Waals surface area contributed by atoms with Crippen LogP contribution in [0, 0.1) is 0 Å². The maximum atomic E-state index is 6.55. The van der Waals surface area contributed by atoms with Gasteiger partial charge >= 0.3 is 0 Å². The van der Waals surface area contributed by atoms with Crippen molar-refractivity contribution in [3.05, 3.63) is 127 Å². The zero-order valence-electron chi connectivity index (χ0n) is 25.4. The topological polar surface area (TPSA) is 9.86 Å². The van der Waals surface area contributed by atoms with E-state index in [1.54, 1.807) is 0 Å². The maximum absolute atomic E-state index is 6.55. The number of hydrogen-bond acceptors (Lipinski definition) is 0. The molecule has 0 unspecified atom stereocenters. The molecule has 0 N–H and O–H groups in total. The number of benzene rings is 7. The van der Waals surface area contributed by atoms with Gasteiger partial charge in [-0.25, -0.2) is 0 Å². The summed E-state index contributed by atoms with van der Waals surface area (Å²) in [5, 5.41) is 6.97. The lowest BCUT2D eigenvalue weighted by Gasteiger charge is -2.23. The third kappa shape index (κ3) is 4.05. The van der Waals surface area contributed by atoms with E-state index in [-0.39, 0.29) is 16.4 Å². The van der Waals surface area contributed by atoms with E-state index in [2.05, 4.69) is 114 Å². The van der Waals surface area contributed by atoms with Crippen LogP contribution in [0.1, 0.15) is 0 Å². The van der Waals surface area contributed by atoms with Crippen LogP contribution in [0.15, 0.2) is 127 Å². The molecule has 0 aliphatic rings. The summed E-state index contributed by atoms with van der Waals surface area (Å²) in [6.07, 6.45) is 0. The van der Waals surface area contributed by atoms with E-state index in [0.29, 0.717) is 16.6 Å². The summed E-state index contributed by atoms with van der Waals surface area (Å²) in [6.45, 7) is 0. The maximum Gasteiger partial charge on any atom is 0.115 e. The number of rotatable bonds is 3. The van der Waals surface area contributed by atoms with E-state index >= 15 is 0 Å². The van der Waals surface area contributed by atoms with E-state index in [1.165, 1.54) is 27.1 Å². The van der Waals surface area contributed by atoms with Crippen molar-refractivity contribution in [1.82, 2.24) is 9.13 Å². The predicted molar refractivity (Wildman–Crippen MR) is 205 cm³/mol. The van der Waals surface area contributed by atoms with Crippen LogP contribution in [0.25, 0.3) is 76.9 Å². The van der Waals surface area contributed by atoms with Gasteiger partial charge in [-0.05, 0) is 70.4 Å². The van der Waals surface area contributed by atoms with Gasteiger partial charge in [0.25, 0.3) is 0 Å². The molecule has 0 fully saturated rings. The lowest BCUT2D eigenvalue weighted by molar-refractivity contribution is 1.19. The lowest BCUT2D eigenvalue weighted by Crippen LogP contribution is -2.56. The third-order valence-electron chi connectivity index (χ3n) is 9.56. The van der Waals surface area contributed by atoms with Crippen molar-refractivity contribution >= 4 is 121 Å². The Kier molecular flexibility index (Phi) is 6.17. The standard InChI is InChI=1S/C40H21B5N2/c41-35-36(42)38(44)40(39(45)37(35)43)47-32-12-6-4-10-28(32)30-21-25(15-18-34(30)47)24-14-17-33-29(20-24)27-9-3-5-11-31(27)46(33)26-16-13-22-7-1-2-8-23(22)19-26/h1-21H. The molecule has 0 atom stereocenters. The molecule has 47 heavy (non-hydrogen) atoms. The average molecular weight is 584 g/mol. The van der Waals surface area contributed by atoms with Gasteiger partial charge in [-0.3, -0.25) is 0 Å². The van der Waals surface area contributed by atoms with E-state index in [9.17, 15) is 0 Å². The Bertz CT molecular complexity index is 2730. The van der Waals surface area contributed by atoms with Crippen molar-refractivity contribution in [2.45, 2.75) is 0 Å². The van der Waals surface area contributed by atoms with Crippen LogP contribution < -0.4 is 27.3 Å². The van der Waals surface area contributed by atoms with Crippen LogP contribution in [0.3, 0.4) is 0 Å². The summed E-state index contributed by atoms with van der Waals surface area (Å²) in [7, 11) is 31.8. The van der Waals surface area contributed by atoms with Crippen molar-refractivity contribution < 1.29 is 0 Å². The van der Waals surface area contributed by atoms with Crippen LogP contribution in [0.4, 0.5) is 0 Å². The Morgan fingerprint density at radius 1 is 0.340 bits per heavy atom. The molecule has 7 aromatic carbocycles. The summed E-state index contributed by atoms with van der Waals surface area (Å²) in [5.74, 6) is 0. The minimum atomic E-state index is 0.198. The van der Waals surface area contributed by atoms with Crippen LogP contribution in [-0.4, -0.2) is 48.4 Å². The van der Waals surface area contributed by atoms with Gasteiger partial charge in [0.05, 0.1) is 22.1 Å². The Hall–Kier alpha value is -5.28. The zero-order chi connectivity index (χ0) is 32.0. The molecule has 0 bridgehead atoms. The second kappa shape index (κ2) is 10.4. The van der Waals surface area contributed by atoms with Gasteiger partial charge in [0.2, 0.25) is 0 Å². The molecule has 0 saturated heterocycles. The first-order valence-electron chi connectivity index (χ1n) is 15.5. The summed E-state index contributed by atoms with van der Waals surface area (Å²) in [4.78, 5) is 0. The number of nitrogens with zero attached hydrogens (tertiary/aromatic N) is 2. The Labute approximate surface area is 279 Å². The fourth-order valence-electron chi connectivity index (χ4n) is 7.22. The predicted octanol–water partition coefficient (Wildman–Crippen LogP) is 4.67. The number of aromatic nitrogens is 2. The highest BCUT2D eigenvalue weighted by Crippen LogP contribution is 2.38. The first kappa shape index (κ1) is 28.0. The minimum absolute atomic E-state index is 0.198. The van der Waals surface area contributed by atoms with Gasteiger partial charge in [-0.1, -0.05) is 89.8 Å². The average Bonchev–Trinajstić information content (AvgIpc) is 3.62. The van der Waals surface area contributed by atoms with Crippen LogP contribution in [0.2, 0.25) is 0 Å². The van der Waals surface area contributed by atoms with Crippen molar-refractivity contribution in [2.75, 3.05) is 0 Å². The second-order valence-corrected chi connectivity index (χ2v) is 12.1. The van der Waals surface area contributed by atoms with Crippen molar-refractivity contribution in [3.8, 4) is 22.5 Å². The van der Waals surface area contributed by atoms with Gasteiger partial charge in [0.15, 0.2) is 0 Å². The molecular formula is C40H21B5N2. The molecule has 2 aromatic heterocycles. The highest BCUT2D eigenvalue weighted by Gasteiger charge is 2.19. The summed E-state index contributed by atoms with van der Waals surface area (Å²) >= 11 is 0. The molecule has 9 rings (SSSR count). The van der Waals surface area contributed by atoms with E-state index < -0.39 is 0 Å². The highest BCUT2D eigenvalue weighted by molar-refractivity contribution is 6.68. The first-order chi connectivity index (χ1) is 22.9. The van der Waals surface area contributed by atoms with Crippen molar-refractivity contribution in [2.24, 2.45) is 0 Å². The van der Waals surface area contributed by atoms with Gasteiger partial charge in [0, 0.05) is 32.9 Å². The first-order valence-corrected chi connectivity index (χ1v) is 15.5. The normalized spacial score (nSPS) is 11.8. The van der Waals surface area contributed by atoms with Crippen LogP contribution in [0.5, 0.6) is 0 Å². The van der Waals surface area contributed by atoms with Gasteiger partial charge in [-0.15, -0.1) is 16.4 Å². The van der Waals surface area contributed by atoms with E-state index in [0.717, 1.165) is 44.1 Å². The minimum Gasteiger partial charge on any atom is -0.310 e. The highest BCUT2D eigenvalue weighted by atomic mass is 15.0. The summed E-state index contributed by atoms with van der Waals surface area (Å²) < 4.78 is 4.39. The zero-order valence-corrected chi connectivity index (χ0v) is 25.4. The van der Waals surface area contributed by atoms with Crippen molar-refractivity contribution in [1.29, 1.82) is 0 Å². The molecule has 0 aliphatic carbocycles. The lowest BCUT2D eigenvalue weighted by atomic mass is 9.61. The van der Waals surface area contributed by atoms with Crippen LogP contribution in [-0.2, 0) is 0 Å². The number of fused-ring (bicyclic) bond motifs is 7. The van der Waals surface area contributed by atoms with Crippen molar-refractivity contribution in [3.63, 3.8) is 0 Å². The van der Waals surface area contributed by atoms with Gasteiger partial charge < -0.3 is 9.13 Å². The second-order valence-electron chi connectivity index (χ2n) is 12.1. The Morgan fingerprint density at radius 3 is 1.43 bits per heavy atom. The SMILES string of the molecule is [B]c1c([B])c([B])c(-n2c3ccccc3c3cc(-c4ccc5c(c4)c4ccccc4n5-c4ccc5ccccc5c4)ccc32)c([B])c1[B]. The van der Waals surface area contributed by atoms with Gasteiger partial charge in [-0.2, -0.15) is 0 Å². The smallest absolute Gasteiger partial charge is 0.115 e. The Morgan fingerprint density at radius 2 is 0.809 bits per heavy atom. The largest absolute Gasteiger partial charge is 0.310 e. The molecule has 0 aliphatic heterocycles. The molecule has 9 aromatic rings. The molecule has 7 heteroatoms. The molecule has 206 valence electrons. The van der Waals surface area contributed by atoms with Crippen LogP contribution >= 0.6 is 0 Å². The molecule has 10 radical (unpaired) electrons. The number of hydrogen-bond donors (Lipinski definition) is 0. The Balaban J connectivity index is 1.26. The monoisotopic (exact) mass is 584 g/mol.